The lowest BCUT2D eigenvalue weighted by atomic mass is 11.7. The first-order valence-electron chi connectivity index (χ1n) is 0.729. The van der Waals surface area contributed by atoms with Gasteiger partial charge in [-0.3, -0.25) is 0 Å². The molecule has 1 nitrogen and oxygen atoms in total. The molecule has 1 N–H and O–H groups in total. The van der Waals surface area contributed by atoms with Gasteiger partial charge in [-0.1, -0.05) is 11.8 Å². The molecule has 4 heavy (non-hydrogen) atoms. The summed E-state index contributed by atoms with van der Waals surface area (Å²) in [5.74, 6) is 1.16. The van der Waals surface area contributed by atoms with Gasteiger partial charge in [0.1, 0.15) is 0 Å². The second-order valence-electron chi connectivity index (χ2n) is 0.235. The van der Waals surface area contributed by atoms with Gasteiger partial charge in [-0.25, -0.2) is 0 Å². The zero-order chi connectivity index (χ0) is 3.41. The van der Waals surface area contributed by atoms with Crippen LogP contribution >= 0.6 is 7.36 Å². The molecule has 0 aromatic rings. The van der Waals surface area contributed by atoms with E-state index in [0.29, 0.717) is 7.36 Å². The molecule has 0 spiro atoms. The van der Waals surface area contributed by atoms with Crippen molar-refractivity contribution in [3.8, 4) is 0 Å². The van der Waals surface area contributed by atoms with Crippen molar-refractivity contribution >= 4 is 25.1 Å². The molecule has 0 saturated heterocycles. The summed E-state index contributed by atoms with van der Waals surface area (Å²) < 4.78 is 0. The van der Waals surface area contributed by atoms with E-state index in [4.69, 9.17) is 5.41 Å². The molecule has 0 atom stereocenters. The van der Waals surface area contributed by atoms with Crippen molar-refractivity contribution in [2.75, 3.05) is 0 Å². The van der Waals surface area contributed by atoms with Crippen LogP contribution < -0.4 is 0 Å². The SMILES string of the molecule is N=CP=S. The third-order valence-corrected chi connectivity index (χ3v) is 0.474. The van der Waals surface area contributed by atoms with Gasteiger partial charge in [0.05, 0.1) is 5.96 Å². The number of hydrogen-bond acceptors (Lipinski definition) is 2. The minimum Gasteiger partial charge on any atom is -0.303 e. The maximum atomic E-state index is 6.21. The van der Waals surface area contributed by atoms with Crippen molar-refractivity contribution in [3.63, 3.8) is 0 Å². The van der Waals surface area contributed by atoms with Gasteiger partial charge in [0.15, 0.2) is 0 Å². The van der Waals surface area contributed by atoms with E-state index in [1.165, 1.54) is 0 Å². The van der Waals surface area contributed by atoms with E-state index in [-0.39, 0.29) is 0 Å². The van der Waals surface area contributed by atoms with Gasteiger partial charge in [-0.2, -0.15) is 0 Å². The van der Waals surface area contributed by atoms with Crippen molar-refractivity contribution in [1.29, 1.82) is 5.41 Å². The molecule has 3 heteroatoms. The van der Waals surface area contributed by atoms with Crippen LogP contribution in [0.25, 0.3) is 0 Å². The summed E-state index contributed by atoms with van der Waals surface area (Å²) in [6.07, 6.45) is 0. The van der Waals surface area contributed by atoms with Crippen molar-refractivity contribution in [2.45, 2.75) is 0 Å². The van der Waals surface area contributed by atoms with E-state index in [2.05, 4.69) is 11.8 Å². The van der Waals surface area contributed by atoms with Crippen LogP contribution in [0.2, 0.25) is 0 Å². The van der Waals surface area contributed by atoms with Gasteiger partial charge < -0.3 is 5.41 Å². The fourth-order valence-electron chi connectivity index (χ4n) is 0. The average Bonchev–Trinajstić information content (AvgIpc) is 1.37. The van der Waals surface area contributed by atoms with Gasteiger partial charge in [0.2, 0.25) is 0 Å². The monoisotopic (exact) mass is 91.0 g/mol. The van der Waals surface area contributed by atoms with Crippen molar-refractivity contribution < 1.29 is 0 Å². The van der Waals surface area contributed by atoms with Crippen molar-refractivity contribution in [2.24, 2.45) is 0 Å². The maximum absolute atomic E-state index is 6.21. The first-order valence-corrected chi connectivity index (χ1v) is 2.71. The molecule has 0 heterocycles. The molecule has 0 bridgehead atoms. The van der Waals surface area contributed by atoms with Crippen LogP contribution in [0.1, 0.15) is 0 Å². The fraction of sp³-hybridized carbons (Fsp3) is 0. The molecule has 0 aliphatic rings. The Kier molecular flexibility index (Phi) is 3.34. The average molecular weight is 91.1 g/mol. The highest BCUT2D eigenvalue weighted by Crippen LogP contribution is 1.73. The quantitative estimate of drug-likeness (QED) is 0.377. The van der Waals surface area contributed by atoms with E-state index in [0.717, 1.165) is 5.96 Å². The lowest BCUT2D eigenvalue weighted by Gasteiger charge is -1.38. The third kappa shape index (κ3) is 2.19. The molecule has 22 valence electrons. The molecule has 0 unspecified atom stereocenters. The molecule has 0 aliphatic carbocycles. The van der Waals surface area contributed by atoms with Crippen LogP contribution in [-0.4, -0.2) is 5.96 Å². The van der Waals surface area contributed by atoms with Crippen molar-refractivity contribution in [1.82, 2.24) is 0 Å². The van der Waals surface area contributed by atoms with Gasteiger partial charge in [0, 0.05) is 7.36 Å². The summed E-state index contributed by atoms with van der Waals surface area (Å²) in [7, 11) is 0.623. The Morgan fingerprint density at radius 2 is 2.25 bits per heavy atom. The van der Waals surface area contributed by atoms with Gasteiger partial charge >= 0.3 is 0 Å². The van der Waals surface area contributed by atoms with Gasteiger partial charge in [-0.05, 0) is 0 Å². The number of nitrogens with one attached hydrogen (secondary N) is 1. The summed E-state index contributed by atoms with van der Waals surface area (Å²) in [5, 5.41) is 6.21. The van der Waals surface area contributed by atoms with Gasteiger partial charge in [0.25, 0.3) is 0 Å². The van der Waals surface area contributed by atoms with Crippen LogP contribution in [-0.2, 0) is 11.8 Å². The minimum atomic E-state index is 0.623. The topological polar surface area (TPSA) is 23.9 Å². The molecule has 0 rings (SSSR count). The minimum absolute atomic E-state index is 0.623. The van der Waals surface area contributed by atoms with Crippen LogP contribution in [0.15, 0.2) is 0 Å². The Balaban J connectivity index is 2.73. The largest absolute Gasteiger partial charge is 0.303 e. The Morgan fingerprint density at radius 1 is 2.00 bits per heavy atom. The van der Waals surface area contributed by atoms with Crippen LogP contribution in [0, 0.1) is 5.41 Å². The molecule has 0 aromatic carbocycles. The zero-order valence-corrected chi connectivity index (χ0v) is 3.64. The third-order valence-electron chi connectivity index (χ3n) is 0.0527. The second kappa shape index (κ2) is 3.19. The Morgan fingerprint density at radius 3 is 2.25 bits per heavy atom. The molecule has 0 fully saturated rings. The summed E-state index contributed by atoms with van der Waals surface area (Å²) >= 11 is 4.28. The number of hydrogen-bond donors (Lipinski definition) is 1. The van der Waals surface area contributed by atoms with Crippen molar-refractivity contribution in [3.05, 3.63) is 0 Å². The first-order chi connectivity index (χ1) is 1.91. The van der Waals surface area contributed by atoms with E-state index in [1.807, 2.05) is 0 Å². The Labute approximate surface area is 31.4 Å². The predicted octanol–water partition coefficient (Wildman–Crippen LogP) is 1.00. The highest BCUT2D eigenvalue weighted by atomic mass is 32.4. The standard InChI is InChI=1S/CH2NPS/c2-1-3-4/h1-2H. The smallest absolute Gasteiger partial charge is 0.0559 e. The maximum Gasteiger partial charge on any atom is 0.0559 e. The van der Waals surface area contributed by atoms with Crippen LogP contribution in [0.4, 0.5) is 0 Å². The molecular weight excluding hydrogens is 89.1 g/mol. The molecular formula is CH2NPS. The Bertz CT molecular complexity index is 29.0. The first kappa shape index (κ1) is 4.19. The molecule has 0 radical (unpaired) electrons. The van der Waals surface area contributed by atoms with E-state index < -0.39 is 0 Å². The van der Waals surface area contributed by atoms with Gasteiger partial charge in [-0.15, -0.1) is 0 Å². The van der Waals surface area contributed by atoms with Crippen LogP contribution in [0.5, 0.6) is 0 Å². The lowest BCUT2D eigenvalue weighted by Crippen LogP contribution is -1.24. The van der Waals surface area contributed by atoms with E-state index in [9.17, 15) is 0 Å². The fourth-order valence-corrected chi connectivity index (χ4v) is 0. The number of rotatable bonds is 1. The normalized spacial score (nSPS) is 7.00. The highest BCUT2D eigenvalue weighted by molar-refractivity contribution is 8.02. The molecule has 0 saturated carbocycles. The lowest BCUT2D eigenvalue weighted by molar-refractivity contribution is 1.60. The molecule has 0 aliphatic heterocycles. The summed E-state index contributed by atoms with van der Waals surface area (Å²) in [6, 6.07) is 0. The molecule has 0 amide bonds. The zero-order valence-electron chi connectivity index (χ0n) is 1.93. The summed E-state index contributed by atoms with van der Waals surface area (Å²) in [6.45, 7) is 0. The van der Waals surface area contributed by atoms with E-state index >= 15 is 0 Å². The summed E-state index contributed by atoms with van der Waals surface area (Å²) in [4.78, 5) is 0. The van der Waals surface area contributed by atoms with Crippen LogP contribution in [0.3, 0.4) is 0 Å². The Hall–Kier alpha value is 0.190. The highest BCUT2D eigenvalue weighted by Gasteiger charge is 1.37. The molecule has 0 aromatic heterocycles. The second-order valence-corrected chi connectivity index (χ2v) is 1.34. The van der Waals surface area contributed by atoms with E-state index in [1.54, 1.807) is 0 Å². The predicted molar refractivity (Wildman–Crippen MR) is 23.1 cm³/mol. The summed E-state index contributed by atoms with van der Waals surface area (Å²) in [5.41, 5.74) is 0.